The first kappa shape index (κ1) is 18.1. The Morgan fingerprint density at radius 3 is 2.62 bits per heavy atom. The summed E-state index contributed by atoms with van der Waals surface area (Å²) in [6.45, 7) is 7.24. The highest BCUT2D eigenvalue weighted by Crippen LogP contribution is 2.67. The van der Waals surface area contributed by atoms with Crippen LogP contribution in [0.15, 0.2) is 22.0 Å². The molecule has 0 spiro atoms. The van der Waals surface area contributed by atoms with Crippen LogP contribution in [0.4, 0.5) is 0 Å². The molecule has 0 saturated heterocycles. The molecule has 4 aliphatic carbocycles. The second kappa shape index (κ2) is 6.38. The minimum atomic E-state index is 0.300. The number of rotatable bonds is 2. The third-order valence-electron chi connectivity index (χ3n) is 9.12. The molecule has 0 aromatic carbocycles. The monoisotopic (exact) mass is 358 g/mol. The van der Waals surface area contributed by atoms with E-state index in [-0.39, 0.29) is 0 Å². The van der Waals surface area contributed by atoms with Crippen molar-refractivity contribution in [2.24, 2.45) is 50.7 Å². The molecule has 26 heavy (non-hydrogen) atoms. The van der Waals surface area contributed by atoms with Crippen LogP contribution in [0.3, 0.4) is 0 Å². The first-order valence-corrected chi connectivity index (χ1v) is 10.5. The quantitative estimate of drug-likeness (QED) is 0.389. The molecule has 0 radical (unpaired) electrons. The molecule has 0 aliphatic heterocycles. The van der Waals surface area contributed by atoms with Crippen LogP contribution < -0.4 is 0 Å². The van der Waals surface area contributed by atoms with Gasteiger partial charge in [-0.1, -0.05) is 31.5 Å². The Balaban J connectivity index is 1.62. The minimum absolute atomic E-state index is 0.300. The third kappa shape index (κ3) is 2.47. The summed E-state index contributed by atoms with van der Waals surface area (Å²) in [5, 5.41) is 25.0. The summed E-state index contributed by atoms with van der Waals surface area (Å²) in [5.74, 6) is 3.42. The van der Waals surface area contributed by atoms with Crippen LogP contribution in [0.5, 0.6) is 0 Å². The highest BCUT2D eigenvalue weighted by atomic mass is 16.4. The minimum Gasteiger partial charge on any atom is -0.411 e. The maximum absolute atomic E-state index is 9.19. The standard InChI is InChI=1S/C22H34N2O2/c1-14(13-23-25)18-6-7-19-17-5-4-15-12-16(24-26)8-10-21(15,2)20(17)9-11-22(18,19)3/h12-14,17-20,25-26H,4-11H2,1-3H3/b23-13+,24-16+/t14-,17+,18-,19+,20+,21+,22-/m1/s1. The molecule has 0 aromatic heterocycles. The molecule has 0 bridgehead atoms. The van der Waals surface area contributed by atoms with Crippen molar-refractivity contribution in [1.82, 2.24) is 0 Å². The average Bonchev–Trinajstić information content (AvgIpc) is 2.98. The molecule has 4 nitrogen and oxygen atoms in total. The largest absolute Gasteiger partial charge is 0.411 e. The van der Waals surface area contributed by atoms with Crippen LogP contribution >= 0.6 is 0 Å². The van der Waals surface area contributed by atoms with Crippen molar-refractivity contribution < 1.29 is 10.4 Å². The van der Waals surface area contributed by atoms with E-state index >= 15 is 0 Å². The van der Waals surface area contributed by atoms with Crippen molar-refractivity contribution in [3.63, 3.8) is 0 Å². The molecule has 7 atom stereocenters. The Hall–Kier alpha value is -1.32. The van der Waals surface area contributed by atoms with E-state index in [0.717, 1.165) is 36.3 Å². The zero-order chi connectivity index (χ0) is 18.5. The van der Waals surface area contributed by atoms with E-state index in [0.29, 0.717) is 22.7 Å². The Bertz CT molecular complexity index is 655. The van der Waals surface area contributed by atoms with Gasteiger partial charge in [0.1, 0.15) is 0 Å². The van der Waals surface area contributed by atoms with Crippen LogP contribution in [0, 0.1) is 40.4 Å². The molecule has 0 aromatic rings. The van der Waals surface area contributed by atoms with Gasteiger partial charge in [0.2, 0.25) is 0 Å². The average molecular weight is 359 g/mol. The maximum Gasteiger partial charge on any atom is 0.0795 e. The lowest BCUT2D eigenvalue weighted by molar-refractivity contribution is -0.0526. The fourth-order valence-corrected chi connectivity index (χ4v) is 7.76. The molecule has 4 heteroatoms. The molecule has 144 valence electrons. The van der Waals surface area contributed by atoms with E-state index in [1.807, 2.05) is 0 Å². The van der Waals surface area contributed by atoms with E-state index in [1.54, 1.807) is 6.21 Å². The molecule has 0 heterocycles. The lowest BCUT2D eigenvalue weighted by atomic mass is 9.46. The molecular weight excluding hydrogens is 324 g/mol. The summed E-state index contributed by atoms with van der Waals surface area (Å²) in [5.41, 5.74) is 3.10. The fraction of sp³-hybridized carbons (Fsp3) is 0.818. The van der Waals surface area contributed by atoms with E-state index in [9.17, 15) is 5.21 Å². The van der Waals surface area contributed by atoms with Crippen molar-refractivity contribution in [2.45, 2.75) is 72.1 Å². The van der Waals surface area contributed by atoms with E-state index in [4.69, 9.17) is 5.21 Å². The second-order valence-electron chi connectivity index (χ2n) is 9.95. The number of oxime groups is 2. The van der Waals surface area contributed by atoms with Crippen molar-refractivity contribution in [3.8, 4) is 0 Å². The van der Waals surface area contributed by atoms with Crippen molar-refractivity contribution in [1.29, 1.82) is 0 Å². The van der Waals surface area contributed by atoms with Gasteiger partial charge in [0.15, 0.2) is 0 Å². The summed E-state index contributed by atoms with van der Waals surface area (Å²) in [7, 11) is 0. The van der Waals surface area contributed by atoms with Crippen LogP contribution in [0.2, 0.25) is 0 Å². The number of nitrogens with zero attached hydrogens (tertiary/aromatic N) is 2. The maximum atomic E-state index is 9.19. The normalized spacial score (nSPS) is 48.0. The smallest absolute Gasteiger partial charge is 0.0795 e. The molecule has 3 fully saturated rings. The van der Waals surface area contributed by atoms with E-state index in [1.165, 1.54) is 44.1 Å². The van der Waals surface area contributed by atoms with Gasteiger partial charge in [0.05, 0.1) is 5.71 Å². The summed E-state index contributed by atoms with van der Waals surface area (Å²) in [4.78, 5) is 0. The van der Waals surface area contributed by atoms with E-state index < -0.39 is 0 Å². The molecule has 4 aliphatic rings. The van der Waals surface area contributed by atoms with Gasteiger partial charge in [0, 0.05) is 6.21 Å². The van der Waals surface area contributed by atoms with E-state index in [2.05, 4.69) is 37.2 Å². The second-order valence-corrected chi connectivity index (χ2v) is 9.95. The van der Waals surface area contributed by atoms with Gasteiger partial charge >= 0.3 is 0 Å². The Labute approximate surface area is 157 Å². The lowest BCUT2D eigenvalue weighted by Crippen LogP contribution is -2.51. The van der Waals surface area contributed by atoms with Crippen molar-refractivity contribution >= 4 is 11.9 Å². The van der Waals surface area contributed by atoms with Crippen LogP contribution in [0.25, 0.3) is 0 Å². The molecule has 2 N–H and O–H groups in total. The molecule has 0 amide bonds. The highest BCUT2D eigenvalue weighted by Gasteiger charge is 2.59. The van der Waals surface area contributed by atoms with Crippen LogP contribution in [0.1, 0.15) is 72.1 Å². The van der Waals surface area contributed by atoms with Crippen LogP contribution in [-0.2, 0) is 0 Å². The lowest BCUT2D eigenvalue weighted by Gasteiger charge is -2.58. The van der Waals surface area contributed by atoms with Gasteiger partial charge < -0.3 is 10.4 Å². The van der Waals surface area contributed by atoms with Gasteiger partial charge in [-0.25, -0.2) is 0 Å². The fourth-order valence-electron chi connectivity index (χ4n) is 7.76. The molecule has 0 unspecified atom stereocenters. The molecular formula is C22H34N2O2. The van der Waals surface area contributed by atoms with Gasteiger partial charge in [0.25, 0.3) is 0 Å². The van der Waals surface area contributed by atoms with Gasteiger partial charge in [-0.3, -0.25) is 0 Å². The topological polar surface area (TPSA) is 65.2 Å². The first-order valence-electron chi connectivity index (χ1n) is 10.5. The Morgan fingerprint density at radius 2 is 1.88 bits per heavy atom. The van der Waals surface area contributed by atoms with Gasteiger partial charge in [-0.05, 0) is 97.9 Å². The number of fused-ring (bicyclic) bond motifs is 5. The predicted molar refractivity (Wildman–Crippen MR) is 104 cm³/mol. The summed E-state index contributed by atoms with van der Waals surface area (Å²) < 4.78 is 0. The van der Waals surface area contributed by atoms with Crippen molar-refractivity contribution in [2.75, 3.05) is 0 Å². The zero-order valence-corrected chi connectivity index (χ0v) is 16.5. The number of allylic oxidation sites excluding steroid dienone is 2. The van der Waals surface area contributed by atoms with Gasteiger partial charge in [-0.15, -0.1) is 5.16 Å². The van der Waals surface area contributed by atoms with Crippen molar-refractivity contribution in [3.05, 3.63) is 11.6 Å². The first-order chi connectivity index (χ1) is 12.4. The Kier molecular flexibility index (Phi) is 4.44. The third-order valence-corrected chi connectivity index (χ3v) is 9.12. The number of hydrogen-bond acceptors (Lipinski definition) is 4. The van der Waals surface area contributed by atoms with Gasteiger partial charge in [-0.2, -0.15) is 0 Å². The summed E-state index contributed by atoms with van der Waals surface area (Å²) in [6, 6.07) is 0. The Morgan fingerprint density at radius 1 is 1.08 bits per heavy atom. The zero-order valence-electron chi connectivity index (χ0n) is 16.5. The molecule has 3 saturated carbocycles. The number of hydrogen-bond donors (Lipinski definition) is 2. The highest BCUT2D eigenvalue weighted by molar-refractivity contribution is 5.96. The SMILES string of the molecule is C[C@H](/C=N/O)[C@H]1CC[C@H]2[C@@H]3CCC4=C/C(=N/O)CC[C@]4(C)[C@H]3CC[C@]12C. The summed E-state index contributed by atoms with van der Waals surface area (Å²) >= 11 is 0. The molecule has 4 rings (SSSR count). The predicted octanol–water partition coefficient (Wildman–Crippen LogP) is 5.49. The van der Waals surface area contributed by atoms with Crippen LogP contribution in [-0.4, -0.2) is 22.3 Å². The summed E-state index contributed by atoms with van der Waals surface area (Å²) in [6.07, 6.45) is 13.7.